The van der Waals surface area contributed by atoms with E-state index in [9.17, 15) is 10.1 Å². The Morgan fingerprint density at radius 2 is 2.44 bits per heavy atom. The Kier molecular flexibility index (Phi) is 3.96. The number of hydrogen-bond donors (Lipinski definition) is 0. The zero-order chi connectivity index (χ0) is 13.0. The third-order valence-electron chi connectivity index (χ3n) is 3.17. The van der Waals surface area contributed by atoms with E-state index in [0.29, 0.717) is 30.9 Å². The van der Waals surface area contributed by atoms with E-state index in [4.69, 9.17) is 9.47 Å². The van der Waals surface area contributed by atoms with Crippen LogP contribution in [0.25, 0.3) is 0 Å². The molecule has 0 bridgehead atoms. The number of ether oxygens (including phenoxy) is 2. The molecule has 2 atom stereocenters. The first-order chi connectivity index (χ1) is 8.76. The fourth-order valence-electron chi connectivity index (χ4n) is 2.12. The summed E-state index contributed by atoms with van der Waals surface area (Å²) in [6.45, 7) is 1.04. The van der Waals surface area contributed by atoms with Crippen molar-refractivity contribution in [2.45, 2.75) is 12.3 Å². The van der Waals surface area contributed by atoms with Crippen LogP contribution in [-0.2, 0) is 9.53 Å². The minimum atomic E-state index is -0.730. The largest absolute Gasteiger partial charge is 0.497 e. The average molecular weight is 245 g/mol. The quantitative estimate of drug-likeness (QED) is 0.813. The van der Waals surface area contributed by atoms with Gasteiger partial charge in [0.05, 0.1) is 19.8 Å². The van der Waals surface area contributed by atoms with Gasteiger partial charge in [-0.2, -0.15) is 5.26 Å². The molecule has 0 amide bonds. The van der Waals surface area contributed by atoms with E-state index >= 15 is 0 Å². The minimum absolute atomic E-state index is 0.0525. The predicted octanol–water partition coefficient (Wildman–Crippen LogP) is 1.91. The summed E-state index contributed by atoms with van der Waals surface area (Å²) in [5.74, 6) is -0.279. The second-order valence-electron chi connectivity index (χ2n) is 4.30. The van der Waals surface area contributed by atoms with E-state index in [0.717, 1.165) is 0 Å². The summed E-state index contributed by atoms with van der Waals surface area (Å²) in [6.07, 6.45) is 0.709. The van der Waals surface area contributed by atoms with Crippen LogP contribution in [-0.4, -0.2) is 26.1 Å². The SMILES string of the molecule is COc1cccc(C(C#N)C(=O)C2CCOC2)c1. The van der Waals surface area contributed by atoms with Crippen molar-refractivity contribution in [3.8, 4) is 11.8 Å². The van der Waals surface area contributed by atoms with Gasteiger partial charge in [0.2, 0.25) is 0 Å². The van der Waals surface area contributed by atoms with Gasteiger partial charge in [-0.15, -0.1) is 0 Å². The third-order valence-corrected chi connectivity index (χ3v) is 3.17. The fraction of sp³-hybridized carbons (Fsp3) is 0.429. The first-order valence-electron chi connectivity index (χ1n) is 5.91. The van der Waals surface area contributed by atoms with Gasteiger partial charge >= 0.3 is 0 Å². The first-order valence-corrected chi connectivity index (χ1v) is 5.91. The lowest BCUT2D eigenvalue weighted by molar-refractivity contribution is -0.123. The maximum absolute atomic E-state index is 12.2. The van der Waals surface area contributed by atoms with E-state index in [1.54, 1.807) is 31.4 Å². The van der Waals surface area contributed by atoms with Crippen molar-refractivity contribution < 1.29 is 14.3 Å². The summed E-state index contributed by atoms with van der Waals surface area (Å²) in [7, 11) is 1.56. The fourth-order valence-corrected chi connectivity index (χ4v) is 2.12. The van der Waals surface area contributed by atoms with Crippen LogP contribution >= 0.6 is 0 Å². The molecule has 1 aliphatic rings. The van der Waals surface area contributed by atoms with Crippen molar-refractivity contribution >= 4 is 5.78 Å². The van der Waals surface area contributed by atoms with Crippen LogP contribution in [0.5, 0.6) is 5.75 Å². The Morgan fingerprint density at radius 1 is 1.61 bits per heavy atom. The molecule has 2 rings (SSSR count). The van der Waals surface area contributed by atoms with Gasteiger partial charge in [0, 0.05) is 12.5 Å². The molecule has 1 aromatic rings. The molecule has 0 N–H and O–H groups in total. The van der Waals surface area contributed by atoms with Gasteiger partial charge in [0.1, 0.15) is 11.7 Å². The average Bonchev–Trinajstić information content (AvgIpc) is 2.93. The minimum Gasteiger partial charge on any atom is -0.497 e. The molecule has 1 aromatic carbocycles. The first kappa shape index (κ1) is 12.6. The summed E-state index contributed by atoms with van der Waals surface area (Å²) >= 11 is 0. The maximum Gasteiger partial charge on any atom is 0.159 e. The molecule has 0 aliphatic carbocycles. The molecule has 4 heteroatoms. The molecule has 1 saturated heterocycles. The number of carbonyl (C=O) groups is 1. The van der Waals surface area contributed by atoms with Gasteiger partial charge in [-0.25, -0.2) is 0 Å². The van der Waals surface area contributed by atoms with E-state index in [1.165, 1.54) is 0 Å². The Labute approximate surface area is 106 Å². The molecule has 2 unspecified atom stereocenters. The second kappa shape index (κ2) is 5.65. The smallest absolute Gasteiger partial charge is 0.159 e. The molecule has 94 valence electrons. The van der Waals surface area contributed by atoms with Crippen LogP contribution in [0, 0.1) is 17.2 Å². The van der Waals surface area contributed by atoms with E-state index in [2.05, 4.69) is 6.07 Å². The van der Waals surface area contributed by atoms with Gasteiger partial charge in [0.25, 0.3) is 0 Å². The highest BCUT2D eigenvalue weighted by atomic mass is 16.5. The topological polar surface area (TPSA) is 59.3 Å². The standard InChI is InChI=1S/C14H15NO3/c1-17-12-4-2-3-10(7-12)13(8-15)14(16)11-5-6-18-9-11/h2-4,7,11,13H,5-6,9H2,1H3. The van der Waals surface area contributed by atoms with Crippen molar-refractivity contribution in [2.24, 2.45) is 5.92 Å². The van der Waals surface area contributed by atoms with Crippen molar-refractivity contribution in [1.29, 1.82) is 5.26 Å². The molecule has 1 heterocycles. The number of hydrogen-bond acceptors (Lipinski definition) is 4. The number of methoxy groups -OCH3 is 1. The molecule has 1 fully saturated rings. The predicted molar refractivity (Wildman–Crippen MR) is 65.3 cm³/mol. The summed E-state index contributed by atoms with van der Waals surface area (Å²) in [5.41, 5.74) is 0.689. The van der Waals surface area contributed by atoms with Crippen molar-refractivity contribution in [2.75, 3.05) is 20.3 Å². The molecule has 0 aromatic heterocycles. The van der Waals surface area contributed by atoms with Crippen molar-refractivity contribution in [3.63, 3.8) is 0 Å². The number of nitrogens with zero attached hydrogens (tertiary/aromatic N) is 1. The van der Waals surface area contributed by atoms with Crippen LogP contribution in [0.15, 0.2) is 24.3 Å². The number of rotatable bonds is 4. The molecule has 4 nitrogen and oxygen atoms in total. The zero-order valence-corrected chi connectivity index (χ0v) is 10.3. The van der Waals surface area contributed by atoms with Crippen LogP contribution in [0.3, 0.4) is 0 Å². The molecule has 18 heavy (non-hydrogen) atoms. The highest BCUT2D eigenvalue weighted by Gasteiger charge is 2.31. The number of carbonyl (C=O) groups excluding carboxylic acids is 1. The van der Waals surface area contributed by atoms with Gasteiger partial charge < -0.3 is 9.47 Å². The molecule has 0 saturated carbocycles. The van der Waals surface area contributed by atoms with Crippen LogP contribution in [0.4, 0.5) is 0 Å². The van der Waals surface area contributed by atoms with Gasteiger partial charge in [-0.1, -0.05) is 12.1 Å². The van der Waals surface area contributed by atoms with Crippen molar-refractivity contribution in [1.82, 2.24) is 0 Å². The summed E-state index contributed by atoms with van der Waals surface area (Å²) in [5, 5.41) is 9.22. The maximum atomic E-state index is 12.2. The summed E-state index contributed by atoms with van der Waals surface area (Å²) in [6, 6.07) is 9.19. The number of benzene rings is 1. The van der Waals surface area contributed by atoms with Crippen LogP contribution < -0.4 is 4.74 Å². The molecule has 1 aliphatic heterocycles. The lowest BCUT2D eigenvalue weighted by Crippen LogP contribution is -2.21. The highest BCUT2D eigenvalue weighted by Crippen LogP contribution is 2.26. The van der Waals surface area contributed by atoms with Crippen molar-refractivity contribution in [3.05, 3.63) is 29.8 Å². The summed E-state index contributed by atoms with van der Waals surface area (Å²) in [4.78, 5) is 12.2. The zero-order valence-electron chi connectivity index (χ0n) is 10.3. The molecular formula is C14H15NO3. The number of Topliss-reactive ketones (excluding diaryl/α,β-unsaturated/α-hetero) is 1. The van der Waals surface area contributed by atoms with E-state index in [1.807, 2.05) is 0 Å². The highest BCUT2D eigenvalue weighted by molar-refractivity contribution is 5.90. The van der Waals surface area contributed by atoms with Gasteiger partial charge in [-0.3, -0.25) is 4.79 Å². The molecule has 0 radical (unpaired) electrons. The summed E-state index contributed by atoms with van der Waals surface area (Å²) < 4.78 is 10.3. The Bertz CT molecular complexity index is 472. The Hall–Kier alpha value is -1.86. The number of nitriles is 1. The normalized spacial score (nSPS) is 20.1. The lowest BCUT2D eigenvalue weighted by Gasteiger charge is -2.13. The van der Waals surface area contributed by atoms with E-state index in [-0.39, 0.29) is 11.7 Å². The van der Waals surface area contributed by atoms with Gasteiger partial charge in [-0.05, 0) is 24.1 Å². The second-order valence-corrected chi connectivity index (χ2v) is 4.30. The van der Waals surface area contributed by atoms with Gasteiger partial charge in [0.15, 0.2) is 5.78 Å². The molecular weight excluding hydrogens is 230 g/mol. The molecule has 0 spiro atoms. The van der Waals surface area contributed by atoms with Crippen LogP contribution in [0.2, 0.25) is 0 Å². The Balaban J connectivity index is 2.22. The van der Waals surface area contributed by atoms with E-state index < -0.39 is 5.92 Å². The Morgan fingerprint density at radius 3 is 3.06 bits per heavy atom. The van der Waals surface area contributed by atoms with Crippen LogP contribution in [0.1, 0.15) is 17.9 Å². The number of ketones is 1. The monoisotopic (exact) mass is 245 g/mol. The third kappa shape index (κ3) is 2.52. The lowest BCUT2D eigenvalue weighted by atomic mass is 9.88.